The van der Waals surface area contributed by atoms with Crippen molar-refractivity contribution in [2.75, 3.05) is 5.73 Å². The summed E-state index contributed by atoms with van der Waals surface area (Å²) in [7, 11) is 0. The first-order valence-electron chi connectivity index (χ1n) is 3.81. The normalized spacial score (nSPS) is 10.9. The van der Waals surface area contributed by atoms with Crippen LogP contribution >= 0.6 is 0 Å². The van der Waals surface area contributed by atoms with Gasteiger partial charge in [0.1, 0.15) is 5.76 Å². The highest BCUT2D eigenvalue weighted by molar-refractivity contribution is 5.19. The monoisotopic (exact) mass is 154 g/mol. The quantitative estimate of drug-likeness (QED) is 0.706. The molecule has 1 heterocycles. The van der Waals surface area contributed by atoms with Gasteiger partial charge in [0.05, 0.1) is 5.69 Å². The molecule has 0 aliphatic heterocycles. The zero-order valence-electron chi connectivity index (χ0n) is 7.22. The van der Waals surface area contributed by atoms with E-state index in [2.05, 4.69) is 18.8 Å². The number of anilines is 1. The fourth-order valence-corrected chi connectivity index (χ4v) is 1.03. The smallest absolute Gasteiger partial charge is 0.292 e. The van der Waals surface area contributed by atoms with Gasteiger partial charge < -0.3 is 10.2 Å². The molecule has 62 valence electrons. The molecule has 2 N–H and O–H groups in total. The van der Waals surface area contributed by atoms with Crippen LogP contribution in [-0.4, -0.2) is 4.98 Å². The number of nitrogens with two attached hydrogens (primary N) is 1. The molecule has 0 aliphatic rings. The number of nitrogens with zero attached hydrogens (tertiary/aromatic N) is 1. The van der Waals surface area contributed by atoms with E-state index in [1.165, 1.54) is 0 Å². The summed E-state index contributed by atoms with van der Waals surface area (Å²) >= 11 is 0. The van der Waals surface area contributed by atoms with Crippen LogP contribution in [0.2, 0.25) is 0 Å². The minimum atomic E-state index is 0.276. The van der Waals surface area contributed by atoms with Crippen molar-refractivity contribution >= 4 is 6.01 Å². The zero-order chi connectivity index (χ0) is 8.43. The average Bonchev–Trinajstić information content (AvgIpc) is 2.09. The third-order valence-corrected chi connectivity index (χ3v) is 1.51. The van der Waals surface area contributed by atoms with Crippen LogP contribution in [0.15, 0.2) is 4.42 Å². The summed E-state index contributed by atoms with van der Waals surface area (Å²) in [5, 5.41) is 0. The molecule has 0 saturated carbocycles. The molecule has 0 atom stereocenters. The third-order valence-electron chi connectivity index (χ3n) is 1.51. The Morgan fingerprint density at radius 1 is 1.55 bits per heavy atom. The molecule has 1 aromatic heterocycles. The minimum absolute atomic E-state index is 0.276. The predicted octanol–water partition coefficient (Wildman–Crippen LogP) is 1.76. The highest BCUT2D eigenvalue weighted by atomic mass is 16.4. The van der Waals surface area contributed by atoms with Gasteiger partial charge in [0, 0.05) is 0 Å². The number of oxazole rings is 1. The lowest BCUT2D eigenvalue weighted by Crippen LogP contribution is -1.96. The van der Waals surface area contributed by atoms with Crippen LogP contribution in [0.25, 0.3) is 0 Å². The van der Waals surface area contributed by atoms with Crippen molar-refractivity contribution in [2.24, 2.45) is 5.92 Å². The van der Waals surface area contributed by atoms with E-state index < -0.39 is 0 Å². The summed E-state index contributed by atoms with van der Waals surface area (Å²) in [4.78, 5) is 4.06. The maximum absolute atomic E-state index is 5.38. The molecule has 0 bridgehead atoms. The molecule has 0 radical (unpaired) electrons. The number of aryl methyl sites for hydroxylation is 1. The van der Waals surface area contributed by atoms with Gasteiger partial charge in [-0.1, -0.05) is 13.8 Å². The van der Waals surface area contributed by atoms with E-state index in [1.54, 1.807) is 0 Å². The summed E-state index contributed by atoms with van der Waals surface area (Å²) in [5.74, 6) is 1.44. The van der Waals surface area contributed by atoms with Gasteiger partial charge in [0.15, 0.2) is 0 Å². The van der Waals surface area contributed by atoms with E-state index >= 15 is 0 Å². The van der Waals surface area contributed by atoms with Crippen LogP contribution in [0, 0.1) is 12.8 Å². The molecule has 0 aromatic carbocycles. The van der Waals surface area contributed by atoms with E-state index in [-0.39, 0.29) is 6.01 Å². The molecule has 0 spiro atoms. The number of hydrogen-bond acceptors (Lipinski definition) is 3. The molecule has 3 heteroatoms. The standard InChI is InChI=1S/C8H14N2O/c1-5(2)4-7-6(3)11-8(9)10-7/h5H,4H2,1-3H3,(H2,9,10). The molecule has 0 unspecified atom stereocenters. The fourth-order valence-electron chi connectivity index (χ4n) is 1.03. The van der Waals surface area contributed by atoms with Gasteiger partial charge in [-0.3, -0.25) is 0 Å². The van der Waals surface area contributed by atoms with Gasteiger partial charge in [-0.25, -0.2) is 0 Å². The summed E-state index contributed by atoms with van der Waals surface area (Å²) in [5.41, 5.74) is 6.36. The largest absolute Gasteiger partial charge is 0.429 e. The van der Waals surface area contributed by atoms with Gasteiger partial charge in [-0.2, -0.15) is 4.98 Å². The predicted molar refractivity (Wildman–Crippen MR) is 44.2 cm³/mol. The Hall–Kier alpha value is -0.990. The number of rotatable bonds is 2. The number of aromatic nitrogens is 1. The fraction of sp³-hybridized carbons (Fsp3) is 0.625. The van der Waals surface area contributed by atoms with Crippen molar-refractivity contribution < 1.29 is 4.42 Å². The van der Waals surface area contributed by atoms with Crippen molar-refractivity contribution in [3.05, 3.63) is 11.5 Å². The van der Waals surface area contributed by atoms with Crippen LogP contribution < -0.4 is 5.73 Å². The highest BCUT2D eigenvalue weighted by Gasteiger charge is 2.07. The second-order valence-corrected chi connectivity index (χ2v) is 3.15. The molecule has 0 aliphatic carbocycles. The summed E-state index contributed by atoms with van der Waals surface area (Å²) in [6.07, 6.45) is 0.937. The molecule has 3 nitrogen and oxygen atoms in total. The Kier molecular flexibility index (Phi) is 2.17. The maximum Gasteiger partial charge on any atom is 0.292 e. The highest BCUT2D eigenvalue weighted by Crippen LogP contribution is 2.14. The van der Waals surface area contributed by atoms with Crippen LogP contribution in [0.4, 0.5) is 6.01 Å². The summed E-state index contributed by atoms with van der Waals surface area (Å²) in [6.45, 7) is 6.18. The van der Waals surface area contributed by atoms with E-state index in [9.17, 15) is 0 Å². The number of hydrogen-bond donors (Lipinski definition) is 1. The van der Waals surface area contributed by atoms with Crippen molar-refractivity contribution in [1.29, 1.82) is 0 Å². The Labute approximate surface area is 66.6 Å². The Bertz CT molecular complexity index is 240. The second-order valence-electron chi connectivity index (χ2n) is 3.15. The SMILES string of the molecule is Cc1oc(N)nc1CC(C)C. The Balaban J connectivity index is 2.77. The van der Waals surface area contributed by atoms with E-state index in [0.29, 0.717) is 5.92 Å². The molecular weight excluding hydrogens is 140 g/mol. The first-order valence-corrected chi connectivity index (χ1v) is 3.81. The van der Waals surface area contributed by atoms with E-state index in [0.717, 1.165) is 17.9 Å². The van der Waals surface area contributed by atoms with Crippen LogP contribution in [-0.2, 0) is 6.42 Å². The lowest BCUT2D eigenvalue weighted by molar-refractivity contribution is 0.539. The molecule has 0 amide bonds. The van der Waals surface area contributed by atoms with Crippen molar-refractivity contribution in [3.8, 4) is 0 Å². The molecular formula is C8H14N2O. The lowest BCUT2D eigenvalue weighted by Gasteiger charge is -1.99. The third kappa shape index (κ3) is 1.97. The van der Waals surface area contributed by atoms with Gasteiger partial charge in [0.25, 0.3) is 6.01 Å². The number of nitrogen functional groups attached to an aromatic ring is 1. The van der Waals surface area contributed by atoms with Crippen LogP contribution in [0.3, 0.4) is 0 Å². The van der Waals surface area contributed by atoms with Gasteiger partial charge in [0.2, 0.25) is 0 Å². The van der Waals surface area contributed by atoms with Gasteiger partial charge in [-0.15, -0.1) is 0 Å². The molecule has 11 heavy (non-hydrogen) atoms. The van der Waals surface area contributed by atoms with Crippen molar-refractivity contribution in [1.82, 2.24) is 4.98 Å². The van der Waals surface area contributed by atoms with Crippen molar-refractivity contribution in [3.63, 3.8) is 0 Å². The molecule has 0 fully saturated rings. The topological polar surface area (TPSA) is 52.0 Å². The minimum Gasteiger partial charge on any atom is -0.429 e. The first kappa shape index (κ1) is 8.11. The lowest BCUT2D eigenvalue weighted by atomic mass is 10.1. The van der Waals surface area contributed by atoms with E-state index in [4.69, 9.17) is 10.2 Å². The first-order chi connectivity index (χ1) is 5.09. The summed E-state index contributed by atoms with van der Waals surface area (Å²) < 4.78 is 5.08. The second kappa shape index (κ2) is 2.95. The summed E-state index contributed by atoms with van der Waals surface area (Å²) in [6, 6.07) is 0.276. The molecule has 1 aromatic rings. The molecule has 0 saturated heterocycles. The molecule has 1 rings (SSSR count). The average molecular weight is 154 g/mol. The zero-order valence-corrected chi connectivity index (χ0v) is 7.22. The van der Waals surface area contributed by atoms with Crippen LogP contribution in [0.5, 0.6) is 0 Å². The Morgan fingerprint density at radius 2 is 2.18 bits per heavy atom. The van der Waals surface area contributed by atoms with Gasteiger partial charge in [-0.05, 0) is 19.3 Å². The van der Waals surface area contributed by atoms with E-state index in [1.807, 2.05) is 6.92 Å². The maximum atomic E-state index is 5.38. The van der Waals surface area contributed by atoms with Crippen LogP contribution in [0.1, 0.15) is 25.3 Å². The Morgan fingerprint density at radius 3 is 2.55 bits per heavy atom. The van der Waals surface area contributed by atoms with Crippen molar-refractivity contribution in [2.45, 2.75) is 27.2 Å². The van der Waals surface area contributed by atoms with Gasteiger partial charge >= 0.3 is 0 Å².